The Morgan fingerprint density at radius 1 is 1.08 bits per heavy atom. The molecule has 0 heterocycles. The van der Waals surface area contributed by atoms with E-state index < -0.39 is 0 Å². The summed E-state index contributed by atoms with van der Waals surface area (Å²) < 4.78 is 5.22. The number of nitrogens with one attached hydrogen (secondary N) is 1. The number of carbonyl (C=O) groups is 1. The SMILES string of the molecule is COc1ccc(C2CCC(CC(=O)Nc3ccc(Cl)cc3)CC2)c(Cl)c1. The van der Waals surface area contributed by atoms with Crippen molar-refractivity contribution in [2.24, 2.45) is 5.92 Å². The maximum atomic E-state index is 12.3. The van der Waals surface area contributed by atoms with Crippen LogP contribution in [0.15, 0.2) is 42.5 Å². The average Bonchev–Trinajstić information content (AvgIpc) is 2.64. The predicted molar refractivity (Wildman–Crippen MR) is 107 cm³/mol. The molecule has 0 unspecified atom stereocenters. The number of rotatable bonds is 5. The maximum absolute atomic E-state index is 12.3. The first-order valence-corrected chi connectivity index (χ1v) is 9.69. The number of carbonyl (C=O) groups excluding carboxylic acids is 1. The molecule has 1 saturated carbocycles. The van der Waals surface area contributed by atoms with Crippen molar-refractivity contribution in [2.45, 2.75) is 38.0 Å². The molecule has 0 radical (unpaired) electrons. The van der Waals surface area contributed by atoms with E-state index >= 15 is 0 Å². The minimum absolute atomic E-state index is 0.0678. The quantitative estimate of drug-likeness (QED) is 0.648. The molecular weight excluding hydrogens is 369 g/mol. The van der Waals surface area contributed by atoms with Gasteiger partial charge in [-0.05, 0) is 79.5 Å². The van der Waals surface area contributed by atoms with E-state index in [2.05, 4.69) is 11.4 Å². The van der Waals surface area contributed by atoms with E-state index in [0.29, 0.717) is 23.3 Å². The highest BCUT2D eigenvalue weighted by Gasteiger charge is 2.25. The van der Waals surface area contributed by atoms with E-state index in [1.54, 1.807) is 19.2 Å². The molecule has 0 aromatic heterocycles. The molecule has 2 aromatic carbocycles. The van der Waals surface area contributed by atoms with Gasteiger partial charge in [0.15, 0.2) is 0 Å². The molecule has 3 rings (SSSR count). The first-order chi connectivity index (χ1) is 12.5. The minimum atomic E-state index is 0.0678. The van der Waals surface area contributed by atoms with Crippen LogP contribution in [0, 0.1) is 5.92 Å². The lowest BCUT2D eigenvalue weighted by Crippen LogP contribution is -2.20. The third kappa shape index (κ3) is 4.93. The highest BCUT2D eigenvalue weighted by atomic mass is 35.5. The molecule has 3 nitrogen and oxygen atoms in total. The molecule has 1 amide bonds. The molecule has 1 fully saturated rings. The Hall–Kier alpha value is -1.71. The third-order valence-corrected chi connectivity index (χ3v) is 5.68. The predicted octanol–water partition coefficient (Wildman–Crippen LogP) is 6.30. The number of benzene rings is 2. The van der Waals surface area contributed by atoms with E-state index in [4.69, 9.17) is 27.9 Å². The van der Waals surface area contributed by atoms with Gasteiger partial charge in [0.05, 0.1) is 7.11 Å². The molecule has 0 spiro atoms. The number of hydrogen-bond donors (Lipinski definition) is 1. The molecule has 1 aliphatic rings. The standard InChI is InChI=1S/C21H23Cl2NO2/c1-26-18-10-11-19(20(23)13-18)15-4-2-14(3-5-15)12-21(25)24-17-8-6-16(22)7-9-17/h6-11,13-15H,2-5,12H2,1H3,(H,24,25). The van der Waals surface area contributed by atoms with Gasteiger partial charge in [-0.25, -0.2) is 0 Å². The zero-order valence-corrected chi connectivity index (χ0v) is 16.3. The molecule has 0 bridgehead atoms. The molecule has 0 saturated heterocycles. The van der Waals surface area contributed by atoms with Gasteiger partial charge in [-0.15, -0.1) is 0 Å². The summed E-state index contributed by atoms with van der Waals surface area (Å²) in [5.74, 6) is 1.74. The lowest BCUT2D eigenvalue weighted by Gasteiger charge is -2.29. The van der Waals surface area contributed by atoms with Crippen LogP contribution in [0.3, 0.4) is 0 Å². The van der Waals surface area contributed by atoms with Crippen molar-refractivity contribution in [3.8, 4) is 5.75 Å². The maximum Gasteiger partial charge on any atom is 0.224 e. The number of hydrogen-bond acceptors (Lipinski definition) is 2. The fourth-order valence-electron chi connectivity index (χ4n) is 3.65. The van der Waals surface area contributed by atoms with Crippen LogP contribution in [0.5, 0.6) is 5.75 Å². The summed E-state index contributed by atoms with van der Waals surface area (Å²) in [5.41, 5.74) is 1.98. The second-order valence-electron chi connectivity index (χ2n) is 6.86. The van der Waals surface area contributed by atoms with Gasteiger partial charge in [0.1, 0.15) is 5.75 Å². The van der Waals surface area contributed by atoms with Gasteiger partial charge in [-0.3, -0.25) is 4.79 Å². The summed E-state index contributed by atoms with van der Waals surface area (Å²) in [4.78, 5) is 12.3. The Balaban J connectivity index is 1.50. The van der Waals surface area contributed by atoms with Gasteiger partial charge in [0.25, 0.3) is 0 Å². The van der Waals surface area contributed by atoms with E-state index in [-0.39, 0.29) is 5.91 Å². The van der Waals surface area contributed by atoms with Crippen LogP contribution in [0.1, 0.15) is 43.6 Å². The molecule has 2 aromatic rings. The number of halogens is 2. The number of amides is 1. The largest absolute Gasteiger partial charge is 0.497 e. The zero-order valence-electron chi connectivity index (χ0n) is 14.8. The van der Waals surface area contributed by atoms with Crippen molar-refractivity contribution in [3.05, 3.63) is 58.1 Å². The van der Waals surface area contributed by atoms with Crippen molar-refractivity contribution in [1.82, 2.24) is 0 Å². The van der Waals surface area contributed by atoms with E-state index in [0.717, 1.165) is 42.1 Å². The average molecular weight is 392 g/mol. The lowest BCUT2D eigenvalue weighted by atomic mass is 9.77. The molecule has 138 valence electrons. The van der Waals surface area contributed by atoms with E-state index in [9.17, 15) is 4.79 Å². The normalized spacial score (nSPS) is 19.8. The Morgan fingerprint density at radius 3 is 2.38 bits per heavy atom. The van der Waals surface area contributed by atoms with Crippen LogP contribution >= 0.6 is 23.2 Å². The number of ether oxygens (including phenoxy) is 1. The topological polar surface area (TPSA) is 38.3 Å². The van der Waals surface area contributed by atoms with Crippen molar-refractivity contribution in [1.29, 1.82) is 0 Å². The minimum Gasteiger partial charge on any atom is -0.497 e. The van der Waals surface area contributed by atoms with Gasteiger partial charge >= 0.3 is 0 Å². The van der Waals surface area contributed by atoms with Crippen molar-refractivity contribution < 1.29 is 9.53 Å². The summed E-state index contributed by atoms with van der Waals surface area (Å²) >= 11 is 12.3. The first kappa shape index (κ1) is 19.1. The van der Waals surface area contributed by atoms with Crippen LogP contribution in [-0.2, 0) is 4.79 Å². The molecule has 26 heavy (non-hydrogen) atoms. The fraction of sp³-hybridized carbons (Fsp3) is 0.381. The fourth-order valence-corrected chi connectivity index (χ4v) is 4.10. The summed E-state index contributed by atoms with van der Waals surface area (Å²) in [6.45, 7) is 0. The van der Waals surface area contributed by atoms with Crippen LogP contribution in [0.25, 0.3) is 0 Å². The summed E-state index contributed by atoms with van der Waals surface area (Å²) in [5, 5.41) is 4.39. The van der Waals surface area contributed by atoms with Gasteiger partial charge in [0.2, 0.25) is 5.91 Å². The second-order valence-corrected chi connectivity index (χ2v) is 7.71. The van der Waals surface area contributed by atoms with Gasteiger partial charge < -0.3 is 10.1 Å². The van der Waals surface area contributed by atoms with E-state index in [1.165, 1.54) is 5.56 Å². The van der Waals surface area contributed by atoms with Gasteiger partial charge in [-0.2, -0.15) is 0 Å². The molecule has 1 N–H and O–H groups in total. The molecular formula is C21H23Cl2NO2. The zero-order chi connectivity index (χ0) is 18.5. The summed E-state index contributed by atoms with van der Waals surface area (Å²) in [6, 6.07) is 13.1. The van der Waals surface area contributed by atoms with Gasteiger partial charge in [-0.1, -0.05) is 29.3 Å². The Kier molecular flexibility index (Phi) is 6.44. The van der Waals surface area contributed by atoms with Crippen LogP contribution in [-0.4, -0.2) is 13.0 Å². The Bertz CT molecular complexity index is 753. The van der Waals surface area contributed by atoms with Crippen LogP contribution < -0.4 is 10.1 Å². The van der Waals surface area contributed by atoms with Crippen LogP contribution in [0.4, 0.5) is 5.69 Å². The molecule has 0 aliphatic heterocycles. The molecule has 1 aliphatic carbocycles. The summed E-state index contributed by atoms with van der Waals surface area (Å²) in [7, 11) is 1.64. The van der Waals surface area contributed by atoms with Crippen molar-refractivity contribution in [3.63, 3.8) is 0 Å². The lowest BCUT2D eigenvalue weighted by molar-refractivity contribution is -0.117. The third-order valence-electron chi connectivity index (χ3n) is 5.10. The number of methoxy groups -OCH3 is 1. The van der Waals surface area contributed by atoms with Crippen molar-refractivity contribution >= 4 is 34.8 Å². The van der Waals surface area contributed by atoms with Crippen molar-refractivity contribution in [2.75, 3.05) is 12.4 Å². The smallest absolute Gasteiger partial charge is 0.224 e. The Labute approximate surface area is 164 Å². The van der Waals surface area contributed by atoms with Crippen LogP contribution in [0.2, 0.25) is 10.0 Å². The first-order valence-electron chi connectivity index (χ1n) is 8.94. The molecule has 0 atom stereocenters. The second kappa shape index (κ2) is 8.79. The van der Waals surface area contributed by atoms with Gasteiger partial charge in [0, 0.05) is 22.2 Å². The molecule has 5 heteroatoms. The Morgan fingerprint density at radius 2 is 1.77 bits per heavy atom. The summed E-state index contributed by atoms with van der Waals surface area (Å²) in [6.07, 6.45) is 4.77. The monoisotopic (exact) mass is 391 g/mol. The van der Waals surface area contributed by atoms with E-state index in [1.807, 2.05) is 24.3 Å². The highest BCUT2D eigenvalue weighted by Crippen LogP contribution is 2.40. The number of anilines is 1. The highest BCUT2D eigenvalue weighted by molar-refractivity contribution is 6.31.